The van der Waals surface area contributed by atoms with Gasteiger partial charge in [-0.2, -0.15) is 0 Å². The molecular weight excluding hydrogens is 220 g/mol. The van der Waals surface area contributed by atoms with Crippen LogP contribution < -0.4 is 11.1 Å². The second kappa shape index (κ2) is 6.52. The minimum Gasteiger partial charge on any atom is -0.481 e. The van der Waals surface area contributed by atoms with Crippen LogP contribution in [0.2, 0.25) is 0 Å². The van der Waals surface area contributed by atoms with Crippen molar-refractivity contribution >= 4 is 17.6 Å². The predicted octanol–water partition coefficient (Wildman–Crippen LogP) is 1.25. The van der Waals surface area contributed by atoms with E-state index in [1.165, 1.54) is 0 Å². The number of benzene rings is 1. The third-order valence-electron chi connectivity index (χ3n) is 2.25. The Morgan fingerprint density at radius 3 is 2.71 bits per heavy atom. The van der Waals surface area contributed by atoms with Crippen molar-refractivity contribution in [2.24, 2.45) is 0 Å². The second-order valence-corrected chi connectivity index (χ2v) is 3.73. The van der Waals surface area contributed by atoms with Gasteiger partial charge in [-0.15, -0.1) is 0 Å². The average molecular weight is 236 g/mol. The van der Waals surface area contributed by atoms with Gasteiger partial charge in [0.1, 0.15) is 0 Å². The highest BCUT2D eigenvalue weighted by atomic mass is 16.4. The van der Waals surface area contributed by atoms with E-state index in [1.54, 1.807) is 24.3 Å². The first-order chi connectivity index (χ1) is 8.09. The monoisotopic (exact) mass is 236 g/mol. The number of carboxylic acid groups (broad SMARTS) is 1. The summed E-state index contributed by atoms with van der Waals surface area (Å²) in [5, 5.41) is 11.1. The third-order valence-corrected chi connectivity index (χ3v) is 2.25. The fraction of sp³-hybridized carbons (Fsp3) is 0.333. The van der Waals surface area contributed by atoms with Gasteiger partial charge in [-0.05, 0) is 31.0 Å². The van der Waals surface area contributed by atoms with Crippen LogP contribution in [0.4, 0.5) is 5.69 Å². The number of carbonyl (C=O) groups is 2. The fourth-order valence-corrected chi connectivity index (χ4v) is 1.39. The van der Waals surface area contributed by atoms with Gasteiger partial charge in [-0.25, -0.2) is 0 Å². The largest absolute Gasteiger partial charge is 0.481 e. The average Bonchev–Trinajstić information content (AvgIpc) is 2.28. The van der Waals surface area contributed by atoms with Gasteiger partial charge in [0.2, 0.25) is 0 Å². The molecule has 0 aromatic heterocycles. The van der Waals surface area contributed by atoms with E-state index in [0.29, 0.717) is 30.6 Å². The summed E-state index contributed by atoms with van der Waals surface area (Å²) in [6.45, 7) is 0.473. The van der Waals surface area contributed by atoms with Gasteiger partial charge in [0.15, 0.2) is 0 Å². The number of nitrogens with one attached hydrogen (secondary N) is 1. The number of anilines is 1. The Bertz CT molecular complexity index is 404. The maximum absolute atomic E-state index is 11.6. The maximum atomic E-state index is 11.6. The van der Waals surface area contributed by atoms with Gasteiger partial charge in [0.05, 0.1) is 0 Å². The molecule has 0 aliphatic heterocycles. The zero-order chi connectivity index (χ0) is 12.7. The topological polar surface area (TPSA) is 92.4 Å². The van der Waals surface area contributed by atoms with Crippen molar-refractivity contribution in [2.45, 2.75) is 19.3 Å². The van der Waals surface area contributed by atoms with Crippen LogP contribution in [-0.4, -0.2) is 23.5 Å². The van der Waals surface area contributed by atoms with Gasteiger partial charge in [-0.1, -0.05) is 6.07 Å². The van der Waals surface area contributed by atoms with Crippen molar-refractivity contribution in [1.82, 2.24) is 5.32 Å². The summed E-state index contributed by atoms with van der Waals surface area (Å²) < 4.78 is 0. The molecule has 0 heterocycles. The fourth-order valence-electron chi connectivity index (χ4n) is 1.39. The molecule has 0 bridgehead atoms. The molecule has 0 fully saturated rings. The highest BCUT2D eigenvalue weighted by Gasteiger charge is 2.04. The molecule has 92 valence electrons. The quantitative estimate of drug-likeness (QED) is 0.512. The van der Waals surface area contributed by atoms with E-state index >= 15 is 0 Å². The number of hydrogen-bond acceptors (Lipinski definition) is 3. The van der Waals surface area contributed by atoms with Crippen LogP contribution in [0.1, 0.15) is 29.6 Å². The van der Waals surface area contributed by atoms with Crippen molar-refractivity contribution in [3.05, 3.63) is 29.8 Å². The van der Waals surface area contributed by atoms with Crippen LogP contribution in [0.3, 0.4) is 0 Å². The van der Waals surface area contributed by atoms with Gasteiger partial charge >= 0.3 is 5.97 Å². The first-order valence-corrected chi connectivity index (χ1v) is 5.45. The highest BCUT2D eigenvalue weighted by Crippen LogP contribution is 2.06. The molecule has 0 unspecified atom stereocenters. The van der Waals surface area contributed by atoms with Crippen LogP contribution in [0.15, 0.2) is 24.3 Å². The van der Waals surface area contributed by atoms with Gasteiger partial charge < -0.3 is 16.2 Å². The van der Waals surface area contributed by atoms with E-state index in [4.69, 9.17) is 10.8 Å². The summed E-state index contributed by atoms with van der Waals surface area (Å²) >= 11 is 0. The Morgan fingerprint density at radius 2 is 2.06 bits per heavy atom. The molecule has 1 amide bonds. The summed E-state index contributed by atoms with van der Waals surface area (Å²) in [5.41, 5.74) is 6.62. The van der Waals surface area contributed by atoms with E-state index < -0.39 is 5.97 Å². The zero-order valence-electron chi connectivity index (χ0n) is 9.48. The van der Waals surface area contributed by atoms with Gasteiger partial charge in [0.25, 0.3) is 5.91 Å². The molecule has 0 spiro atoms. The van der Waals surface area contributed by atoms with Crippen molar-refractivity contribution in [1.29, 1.82) is 0 Å². The Kier molecular flexibility index (Phi) is 5.00. The van der Waals surface area contributed by atoms with Crippen LogP contribution >= 0.6 is 0 Å². The Balaban J connectivity index is 2.28. The van der Waals surface area contributed by atoms with Crippen molar-refractivity contribution in [2.75, 3.05) is 12.3 Å². The molecule has 0 radical (unpaired) electrons. The van der Waals surface area contributed by atoms with E-state index in [1.807, 2.05) is 0 Å². The molecule has 1 rings (SSSR count). The predicted molar refractivity (Wildman–Crippen MR) is 64.7 cm³/mol. The first-order valence-electron chi connectivity index (χ1n) is 5.45. The summed E-state index contributed by atoms with van der Waals surface area (Å²) in [7, 11) is 0. The van der Waals surface area contributed by atoms with Crippen LogP contribution in [0.25, 0.3) is 0 Å². The number of nitrogen functional groups attached to an aromatic ring is 1. The SMILES string of the molecule is Nc1cccc(C(=O)NCCCCC(=O)O)c1. The first kappa shape index (κ1) is 13.0. The molecule has 4 N–H and O–H groups in total. The number of amides is 1. The third kappa shape index (κ3) is 5.01. The van der Waals surface area contributed by atoms with Gasteiger partial charge in [-0.3, -0.25) is 9.59 Å². The normalized spacial score (nSPS) is 9.88. The Morgan fingerprint density at radius 1 is 1.29 bits per heavy atom. The number of aliphatic carboxylic acids is 1. The number of carbonyl (C=O) groups excluding carboxylic acids is 1. The second-order valence-electron chi connectivity index (χ2n) is 3.73. The molecular formula is C12H16N2O3. The number of rotatable bonds is 6. The molecule has 1 aromatic rings. The lowest BCUT2D eigenvalue weighted by Gasteiger charge is -2.05. The minimum atomic E-state index is -0.813. The molecule has 0 aliphatic carbocycles. The van der Waals surface area contributed by atoms with E-state index in [2.05, 4.69) is 5.32 Å². The number of carboxylic acids is 1. The molecule has 5 nitrogen and oxygen atoms in total. The number of unbranched alkanes of at least 4 members (excludes halogenated alkanes) is 1. The summed E-state index contributed by atoms with van der Waals surface area (Å²) in [6, 6.07) is 6.72. The van der Waals surface area contributed by atoms with Crippen molar-refractivity contribution < 1.29 is 14.7 Å². The number of nitrogens with two attached hydrogens (primary N) is 1. The lowest BCUT2D eigenvalue weighted by molar-refractivity contribution is -0.137. The van der Waals surface area contributed by atoms with Crippen molar-refractivity contribution in [3.8, 4) is 0 Å². The minimum absolute atomic E-state index is 0.133. The Hall–Kier alpha value is -2.04. The standard InChI is InChI=1S/C12H16N2O3/c13-10-5-3-4-9(8-10)12(17)14-7-2-1-6-11(15)16/h3-5,8H,1-2,6-7,13H2,(H,14,17)(H,15,16). The van der Waals surface area contributed by atoms with Gasteiger partial charge in [0, 0.05) is 24.2 Å². The van der Waals surface area contributed by atoms with E-state index in [9.17, 15) is 9.59 Å². The molecule has 1 aromatic carbocycles. The Labute approximate surface area is 99.6 Å². The van der Waals surface area contributed by atoms with E-state index in [-0.39, 0.29) is 12.3 Å². The summed E-state index contributed by atoms with van der Waals surface area (Å²) in [5.74, 6) is -1.00. The maximum Gasteiger partial charge on any atom is 0.303 e. The molecule has 0 aliphatic rings. The van der Waals surface area contributed by atoms with E-state index in [0.717, 1.165) is 0 Å². The van der Waals surface area contributed by atoms with Crippen LogP contribution in [-0.2, 0) is 4.79 Å². The highest BCUT2D eigenvalue weighted by molar-refractivity contribution is 5.94. The number of hydrogen-bond donors (Lipinski definition) is 3. The molecule has 5 heteroatoms. The van der Waals surface area contributed by atoms with Crippen LogP contribution in [0.5, 0.6) is 0 Å². The molecule has 0 saturated heterocycles. The summed E-state index contributed by atoms with van der Waals surface area (Å²) in [6.07, 6.45) is 1.35. The van der Waals surface area contributed by atoms with Crippen LogP contribution in [0, 0.1) is 0 Å². The zero-order valence-corrected chi connectivity index (χ0v) is 9.48. The lowest BCUT2D eigenvalue weighted by atomic mass is 10.2. The lowest BCUT2D eigenvalue weighted by Crippen LogP contribution is -2.24. The van der Waals surface area contributed by atoms with Crippen molar-refractivity contribution in [3.63, 3.8) is 0 Å². The summed E-state index contributed by atoms with van der Waals surface area (Å²) in [4.78, 5) is 21.9. The molecule has 17 heavy (non-hydrogen) atoms. The smallest absolute Gasteiger partial charge is 0.303 e. The molecule has 0 saturated carbocycles. The molecule has 0 atom stereocenters.